The number of hydrogen-bond acceptors (Lipinski definition) is 4. The van der Waals surface area contributed by atoms with Crippen LogP contribution in [0.5, 0.6) is 0 Å². The van der Waals surface area contributed by atoms with Crippen LogP contribution >= 0.6 is 0 Å². The molecule has 0 fully saturated rings. The first kappa shape index (κ1) is 12.7. The van der Waals surface area contributed by atoms with Crippen molar-refractivity contribution >= 4 is 18.1 Å². The van der Waals surface area contributed by atoms with E-state index in [4.69, 9.17) is 10.8 Å². The Morgan fingerprint density at radius 2 is 2.32 bits per heavy atom. The Balaban J connectivity index is 2.43. The Bertz CT molecular complexity index is 664. The molecule has 0 saturated carbocycles. The van der Waals surface area contributed by atoms with E-state index in [0.29, 0.717) is 5.69 Å². The largest absolute Gasteiger partial charge is 0.478 e. The highest BCUT2D eigenvalue weighted by atomic mass is 19.1. The summed E-state index contributed by atoms with van der Waals surface area (Å²) in [5.41, 5.74) is 5.95. The number of hydrogen-bond donors (Lipinski definition) is 2. The number of carbonyl (C=O) groups is 1. The average molecular weight is 262 g/mol. The summed E-state index contributed by atoms with van der Waals surface area (Å²) >= 11 is 0. The lowest BCUT2D eigenvalue weighted by atomic mass is 10.1. The number of nitrogens with two attached hydrogens (primary N) is 1. The number of aromatic nitrogens is 2. The van der Waals surface area contributed by atoms with Gasteiger partial charge in [-0.2, -0.15) is 5.10 Å². The Labute approximate surface area is 108 Å². The number of carboxylic acids is 1. The topological polar surface area (TPSA) is 93.5 Å². The van der Waals surface area contributed by atoms with Crippen molar-refractivity contribution in [3.8, 4) is 0 Å². The molecule has 19 heavy (non-hydrogen) atoms. The molecule has 0 bridgehead atoms. The number of aromatic carboxylic acids is 1. The number of halogens is 1. The highest BCUT2D eigenvalue weighted by Gasteiger charge is 2.12. The zero-order valence-electron chi connectivity index (χ0n) is 10.0. The second kappa shape index (κ2) is 4.89. The number of rotatable bonds is 3. The summed E-state index contributed by atoms with van der Waals surface area (Å²) in [6.07, 6.45) is 2.66. The van der Waals surface area contributed by atoms with Gasteiger partial charge in [0.15, 0.2) is 0 Å². The fourth-order valence-electron chi connectivity index (χ4n) is 1.57. The Morgan fingerprint density at radius 1 is 1.58 bits per heavy atom. The molecule has 0 amide bonds. The monoisotopic (exact) mass is 262 g/mol. The third kappa shape index (κ3) is 2.59. The van der Waals surface area contributed by atoms with Crippen molar-refractivity contribution in [1.29, 1.82) is 0 Å². The van der Waals surface area contributed by atoms with Crippen molar-refractivity contribution in [2.75, 3.05) is 5.73 Å². The summed E-state index contributed by atoms with van der Waals surface area (Å²) in [7, 11) is 0. The molecule has 0 atom stereocenters. The summed E-state index contributed by atoms with van der Waals surface area (Å²) < 4.78 is 14.9. The zero-order chi connectivity index (χ0) is 14.0. The molecule has 3 N–H and O–H groups in total. The minimum Gasteiger partial charge on any atom is -0.478 e. The van der Waals surface area contributed by atoms with E-state index < -0.39 is 11.8 Å². The molecule has 2 rings (SSSR count). The van der Waals surface area contributed by atoms with Crippen LogP contribution < -0.4 is 5.73 Å². The second-order valence-corrected chi connectivity index (χ2v) is 3.84. The van der Waals surface area contributed by atoms with Crippen molar-refractivity contribution in [1.82, 2.24) is 9.66 Å². The summed E-state index contributed by atoms with van der Waals surface area (Å²) in [6, 6.07) is 3.79. The maximum Gasteiger partial charge on any atom is 0.336 e. The van der Waals surface area contributed by atoms with Crippen molar-refractivity contribution < 1.29 is 14.3 Å². The van der Waals surface area contributed by atoms with Gasteiger partial charge in [0.25, 0.3) is 0 Å². The minimum absolute atomic E-state index is 0.110. The molecular weight excluding hydrogens is 251 g/mol. The molecule has 0 saturated heterocycles. The Morgan fingerprint density at radius 3 is 2.89 bits per heavy atom. The van der Waals surface area contributed by atoms with Gasteiger partial charge in [0.1, 0.15) is 5.82 Å². The van der Waals surface area contributed by atoms with Gasteiger partial charge in [-0.05, 0) is 19.1 Å². The molecule has 0 radical (unpaired) electrons. The van der Waals surface area contributed by atoms with Crippen molar-refractivity contribution in [3.63, 3.8) is 0 Å². The molecule has 7 heteroatoms. The highest BCUT2D eigenvalue weighted by Crippen LogP contribution is 2.12. The van der Waals surface area contributed by atoms with Crippen LogP contribution in [0.1, 0.15) is 21.6 Å². The van der Waals surface area contributed by atoms with E-state index in [1.54, 1.807) is 13.1 Å². The molecule has 0 aliphatic heterocycles. The normalized spacial score (nSPS) is 11.1. The minimum atomic E-state index is -1.23. The molecule has 0 aliphatic rings. The molecule has 0 spiro atoms. The Hall–Kier alpha value is -2.70. The van der Waals surface area contributed by atoms with Gasteiger partial charge in [0, 0.05) is 5.56 Å². The molecule has 1 heterocycles. The third-order valence-electron chi connectivity index (χ3n) is 2.43. The standard InChI is InChI=1S/C12H11FN4O2/c1-7-6-17(12(14)16-7)15-5-9-8(11(18)19)3-2-4-10(9)13/h2-6H,1H3,(H2,14,16)(H,18,19). The first-order valence-corrected chi connectivity index (χ1v) is 5.36. The molecule has 0 unspecified atom stereocenters. The highest BCUT2D eigenvalue weighted by molar-refractivity contribution is 5.98. The number of nitrogen functional groups attached to an aromatic ring is 1. The lowest BCUT2D eigenvalue weighted by Gasteiger charge is -2.02. The van der Waals surface area contributed by atoms with Crippen molar-refractivity contribution in [2.45, 2.75) is 6.92 Å². The lowest BCUT2D eigenvalue weighted by molar-refractivity contribution is 0.0696. The van der Waals surface area contributed by atoms with Crippen LogP contribution in [0.3, 0.4) is 0 Å². The quantitative estimate of drug-likeness (QED) is 0.819. The number of nitrogens with zero attached hydrogens (tertiary/aromatic N) is 3. The summed E-state index contributed by atoms with van der Waals surface area (Å²) in [5, 5.41) is 12.9. The van der Waals surface area contributed by atoms with E-state index in [1.165, 1.54) is 16.8 Å². The molecule has 0 aliphatic carbocycles. The SMILES string of the molecule is Cc1cn(N=Cc2c(F)cccc2C(=O)O)c(N)n1. The number of anilines is 1. The van der Waals surface area contributed by atoms with E-state index in [1.807, 2.05) is 0 Å². The van der Waals surface area contributed by atoms with E-state index in [2.05, 4.69) is 10.1 Å². The van der Waals surface area contributed by atoms with Crippen molar-refractivity contribution in [2.24, 2.45) is 5.10 Å². The van der Waals surface area contributed by atoms with Crippen LogP contribution in [0.4, 0.5) is 10.3 Å². The van der Waals surface area contributed by atoms with Gasteiger partial charge in [0.05, 0.1) is 23.7 Å². The Kier molecular flexibility index (Phi) is 3.28. The molecule has 1 aromatic carbocycles. The van der Waals surface area contributed by atoms with Gasteiger partial charge in [-0.15, -0.1) is 0 Å². The van der Waals surface area contributed by atoms with Crippen LogP contribution in [0.15, 0.2) is 29.5 Å². The van der Waals surface area contributed by atoms with Crippen LogP contribution in [0.2, 0.25) is 0 Å². The first-order chi connectivity index (χ1) is 8.99. The fourth-order valence-corrected chi connectivity index (χ4v) is 1.57. The number of aryl methyl sites for hydroxylation is 1. The molecule has 98 valence electrons. The van der Waals surface area contributed by atoms with Gasteiger partial charge >= 0.3 is 5.97 Å². The zero-order valence-corrected chi connectivity index (χ0v) is 10.0. The second-order valence-electron chi connectivity index (χ2n) is 3.84. The van der Waals surface area contributed by atoms with E-state index in [0.717, 1.165) is 12.3 Å². The predicted octanol–water partition coefficient (Wildman–Crippen LogP) is 1.49. The summed E-state index contributed by atoms with van der Waals surface area (Å²) in [5.74, 6) is -1.75. The smallest absolute Gasteiger partial charge is 0.336 e. The lowest BCUT2D eigenvalue weighted by Crippen LogP contribution is -2.05. The van der Waals surface area contributed by atoms with E-state index in [-0.39, 0.29) is 17.1 Å². The number of benzene rings is 1. The summed E-state index contributed by atoms with van der Waals surface area (Å²) in [6.45, 7) is 1.73. The molecule has 2 aromatic rings. The van der Waals surface area contributed by atoms with Crippen molar-refractivity contribution in [3.05, 3.63) is 47.0 Å². The van der Waals surface area contributed by atoms with Gasteiger partial charge in [-0.3, -0.25) is 0 Å². The van der Waals surface area contributed by atoms with E-state index >= 15 is 0 Å². The van der Waals surface area contributed by atoms with Gasteiger partial charge in [0.2, 0.25) is 5.95 Å². The molecule has 6 nitrogen and oxygen atoms in total. The van der Waals surface area contributed by atoms with Gasteiger partial charge < -0.3 is 10.8 Å². The molecular formula is C12H11FN4O2. The number of carboxylic acid groups (broad SMARTS) is 1. The third-order valence-corrected chi connectivity index (χ3v) is 2.43. The fraction of sp³-hybridized carbons (Fsp3) is 0.0833. The molecule has 1 aromatic heterocycles. The number of imidazole rings is 1. The summed E-state index contributed by atoms with van der Waals surface area (Å²) in [4.78, 5) is 14.9. The van der Waals surface area contributed by atoms with E-state index in [9.17, 15) is 9.18 Å². The maximum atomic E-state index is 13.6. The van der Waals surface area contributed by atoms with Gasteiger partial charge in [-0.1, -0.05) is 6.07 Å². The van der Waals surface area contributed by atoms with Crippen LogP contribution in [0, 0.1) is 12.7 Å². The van der Waals surface area contributed by atoms with Crippen LogP contribution in [-0.4, -0.2) is 27.0 Å². The average Bonchev–Trinajstić information content (AvgIpc) is 2.66. The van der Waals surface area contributed by atoms with Crippen LogP contribution in [0.25, 0.3) is 0 Å². The predicted molar refractivity (Wildman–Crippen MR) is 67.7 cm³/mol. The van der Waals surface area contributed by atoms with Crippen LogP contribution in [-0.2, 0) is 0 Å². The maximum absolute atomic E-state index is 13.6. The van der Waals surface area contributed by atoms with Gasteiger partial charge in [-0.25, -0.2) is 18.8 Å². The first-order valence-electron chi connectivity index (χ1n) is 5.36.